The SMILES string of the molecule is Fc1ccc(-c2nccn2-c2ccc3[nH]ncc3c2)cc1. The van der Waals surface area contributed by atoms with Gasteiger partial charge >= 0.3 is 0 Å². The molecule has 2 aromatic heterocycles. The third-order valence-electron chi connectivity index (χ3n) is 3.45. The third kappa shape index (κ3) is 1.99. The molecule has 21 heavy (non-hydrogen) atoms. The molecular formula is C16H11FN4. The zero-order valence-electron chi connectivity index (χ0n) is 11.0. The minimum atomic E-state index is -0.253. The summed E-state index contributed by atoms with van der Waals surface area (Å²) in [6, 6.07) is 12.3. The molecule has 0 aliphatic carbocycles. The second kappa shape index (κ2) is 4.56. The molecule has 4 nitrogen and oxygen atoms in total. The van der Waals surface area contributed by atoms with Crippen molar-refractivity contribution in [2.75, 3.05) is 0 Å². The molecule has 2 heterocycles. The van der Waals surface area contributed by atoms with E-state index >= 15 is 0 Å². The summed E-state index contributed by atoms with van der Waals surface area (Å²) >= 11 is 0. The highest BCUT2D eigenvalue weighted by Gasteiger charge is 2.08. The van der Waals surface area contributed by atoms with Crippen molar-refractivity contribution in [3.63, 3.8) is 0 Å². The molecule has 0 atom stereocenters. The van der Waals surface area contributed by atoms with Crippen LogP contribution >= 0.6 is 0 Å². The predicted octanol–water partition coefficient (Wildman–Crippen LogP) is 3.55. The summed E-state index contributed by atoms with van der Waals surface area (Å²) in [6.07, 6.45) is 5.41. The highest BCUT2D eigenvalue weighted by Crippen LogP contribution is 2.23. The Morgan fingerprint density at radius 3 is 2.76 bits per heavy atom. The summed E-state index contributed by atoms with van der Waals surface area (Å²) in [4.78, 5) is 4.38. The van der Waals surface area contributed by atoms with Crippen molar-refractivity contribution in [3.8, 4) is 17.1 Å². The van der Waals surface area contributed by atoms with Crippen LogP contribution in [0.15, 0.2) is 61.1 Å². The van der Waals surface area contributed by atoms with Gasteiger partial charge in [0, 0.05) is 29.0 Å². The molecule has 0 unspecified atom stereocenters. The molecule has 0 aliphatic heterocycles. The van der Waals surface area contributed by atoms with E-state index in [2.05, 4.69) is 15.2 Å². The van der Waals surface area contributed by atoms with Gasteiger partial charge in [0.25, 0.3) is 0 Å². The molecule has 0 fully saturated rings. The maximum atomic E-state index is 13.1. The van der Waals surface area contributed by atoms with Gasteiger partial charge in [0.15, 0.2) is 0 Å². The summed E-state index contributed by atoms with van der Waals surface area (Å²) in [6.45, 7) is 0. The Bertz CT molecular complexity index is 905. The summed E-state index contributed by atoms with van der Waals surface area (Å²) < 4.78 is 15.0. The van der Waals surface area contributed by atoms with Crippen LogP contribution in [0.5, 0.6) is 0 Å². The van der Waals surface area contributed by atoms with Crippen LogP contribution < -0.4 is 0 Å². The normalized spacial score (nSPS) is 11.1. The van der Waals surface area contributed by atoms with Crippen molar-refractivity contribution in [1.29, 1.82) is 0 Å². The molecule has 0 spiro atoms. The third-order valence-corrected chi connectivity index (χ3v) is 3.45. The first-order chi connectivity index (χ1) is 10.3. The average Bonchev–Trinajstić information content (AvgIpc) is 3.16. The second-order valence-electron chi connectivity index (χ2n) is 4.77. The zero-order valence-corrected chi connectivity index (χ0v) is 11.0. The number of H-pyrrole nitrogens is 1. The summed E-state index contributed by atoms with van der Waals surface area (Å²) in [5.74, 6) is 0.523. The number of nitrogens with one attached hydrogen (secondary N) is 1. The molecule has 102 valence electrons. The zero-order chi connectivity index (χ0) is 14.2. The number of imidazole rings is 1. The maximum Gasteiger partial charge on any atom is 0.144 e. The van der Waals surface area contributed by atoms with Gasteiger partial charge in [-0.1, -0.05) is 0 Å². The van der Waals surface area contributed by atoms with Crippen LogP contribution in [0.4, 0.5) is 4.39 Å². The number of halogens is 1. The lowest BCUT2D eigenvalue weighted by molar-refractivity contribution is 0.628. The molecule has 0 amide bonds. The first-order valence-electron chi connectivity index (χ1n) is 6.54. The average molecular weight is 278 g/mol. The number of rotatable bonds is 2. The van der Waals surface area contributed by atoms with Gasteiger partial charge in [-0.3, -0.25) is 9.67 Å². The Balaban J connectivity index is 1.85. The lowest BCUT2D eigenvalue weighted by Crippen LogP contribution is -1.96. The predicted molar refractivity (Wildman–Crippen MR) is 78.6 cm³/mol. The number of aromatic amines is 1. The highest BCUT2D eigenvalue weighted by molar-refractivity contribution is 5.80. The molecule has 4 rings (SSSR count). The Morgan fingerprint density at radius 2 is 1.90 bits per heavy atom. The standard InChI is InChI=1S/C16H11FN4/c17-13-3-1-11(2-4-13)16-18-7-8-21(16)14-5-6-15-12(9-14)10-19-20-15/h1-10H,(H,19,20). The Kier molecular flexibility index (Phi) is 2.57. The molecular weight excluding hydrogens is 267 g/mol. The number of benzene rings is 2. The molecule has 4 aromatic rings. The number of hydrogen-bond donors (Lipinski definition) is 1. The van der Waals surface area contributed by atoms with Gasteiger partial charge in [0.1, 0.15) is 11.6 Å². The number of hydrogen-bond acceptors (Lipinski definition) is 2. The topological polar surface area (TPSA) is 46.5 Å². The fraction of sp³-hybridized carbons (Fsp3) is 0. The number of fused-ring (bicyclic) bond motifs is 1. The van der Waals surface area contributed by atoms with Crippen LogP contribution in [0.2, 0.25) is 0 Å². The van der Waals surface area contributed by atoms with Crippen LogP contribution in [-0.2, 0) is 0 Å². The van der Waals surface area contributed by atoms with E-state index in [1.165, 1.54) is 12.1 Å². The van der Waals surface area contributed by atoms with Crippen molar-refractivity contribution < 1.29 is 4.39 Å². The highest BCUT2D eigenvalue weighted by atomic mass is 19.1. The van der Waals surface area contributed by atoms with E-state index in [4.69, 9.17) is 0 Å². The van der Waals surface area contributed by atoms with Crippen molar-refractivity contribution in [2.24, 2.45) is 0 Å². The monoisotopic (exact) mass is 278 g/mol. The fourth-order valence-electron chi connectivity index (χ4n) is 2.40. The lowest BCUT2D eigenvalue weighted by Gasteiger charge is -2.08. The van der Waals surface area contributed by atoms with Crippen molar-refractivity contribution >= 4 is 10.9 Å². The molecule has 0 aliphatic rings. The summed E-state index contributed by atoms with van der Waals surface area (Å²) in [5, 5.41) is 7.98. The first kappa shape index (κ1) is 11.8. The van der Waals surface area contributed by atoms with Crippen molar-refractivity contribution in [3.05, 3.63) is 66.9 Å². The van der Waals surface area contributed by atoms with Gasteiger partial charge < -0.3 is 0 Å². The first-order valence-corrected chi connectivity index (χ1v) is 6.54. The van der Waals surface area contributed by atoms with Crippen LogP contribution in [-0.4, -0.2) is 19.7 Å². The molecule has 1 N–H and O–H groups in total. The van der Waals surface area contributed by atoms with Gasteiger partial charge in [0.05, 0.1) is 11.7 Å². The van der Waals surface area contributed by atoms with Gasteiger partial charge in [0.2, 0.25) is 0 Å². The van der Waals surface area contributed by atoms with Crippen LogP contribution in [0.1, 0.15) is 0 Å². The van der Waals surface area contributed by atoms with E-state index in [-0.39, 0.29) is 5.82 Å². The van der Waals surface area contributed by atoms with Gasteiger partial charge in [-0.2, -0.15) is 5.10 Å². The van der Waals surface area contributed by atoms with E-state index in [9.17, 15) is 4.39 Å². The van der Waals surface area contributed by atoms with E-state index in [1.807, 2.05) is 29.0 Å². The molecule has 2 aromatic carbocycles. The molecule has 0 saturated carbocycles. The van der Waals surface area contributed by atoms with E-state index in [0.717, 1.165) is 28.0 Å². The van der Waals surface area contributed by atoms with E-state index in [1.54, 1.807) is 24.5 Å². The molecule has 0 bridgehead atoms. The number of nitrogens with zero attached hydrogens (tertiary/aromatic N) is 3. The van der Waals surface area contributed by atoms with Crippen LogP contribution in [0.3, 0.4) is 0 Å². The fourth-order valence-corrected chi connectivity index (χ4v) is 2.40. The van der Waals surface area contributed by atoms with Gasteiger partial charge in [-0.15, -0.1) is 0 Å². The molecule has 5 heteroatoms. The second-order valence-corrected chi connectivity index (χ2v) is 4.77. The minimum Gasteiger partial charge on any atom is -0.300 e. The smallest absolute Gasteiger partial charge is 0.144 e. The Labute approximate surface area is 119 Å². The Hall–Kier alpha value is -2.95. The van der Waals surface area contributed by atoms with Gasteiger partial charge in [-0.25, -0.2) is 9.37 Å². The van der Waals surface area contributed by atoms with Crippen LogP contribution in [0, 0.1) is 5.82 Å². The van der Waals surface area contributed by atoms with Crippen molar-refractivity contribution in [1.82, 2.24) is 19.7 Å². The lowest BCUT2D eigenvalue weighted by atomic mass is 10.2. The largest absolute Gasteiger partial charge is 0.300 e. The van der Waals surface area contributed by atoms with E-state index in [0.29, 0.717) is 0 Å². The maximum absolute atomic E-state index is 13.1. The van der Waals surface area contributed by atoms with E-state index < -0.39 is 0 Å². The summed E-state index contributed by atoms with van der Waals surface area (Å²) in [7, 11) is 0. The van der Waals surface area contributed by atoms with Crippen molar-refractivity contribution in [2.45, 2.75) is 0 Å². The van der Waals surface area contributed by atoms with Crippen LogP contribution in [0.25, 0.3) is 28.0 Å². The summed E-state index contributed by atoms with van der Waals surface area (Å²) in [5.41, 5.74) is 2.84. The molecule has 0 saturated heterocycles. The quantitative estimate of drug-likeness (QED) is 0.609. The Morgan fingerprint density at radius 1 is 1.05 bits per heavy atom. The molecule has 0 radical (unpaired) electrons. The number of aromatic nitrogens is 4. The minimum absolute atomic E-state index is 0.253. The van der Waals surface area contributed by atoms with Gasteiger partial charge in [-0.05, 0) is 42.5 Å².